The molecule has 0 saturated carbocycles. The van der Waals surface area contributed by atoms with Crippen LogP contribution in [0.15, 0.2) is 0 Å². The number of hydrogen-bond donors (Lipinski definition) is 1. The van der Waals surface area contributed by atoms with Crippen LogP contribution in [0.2, 0.25) is 0 Å². The van der Waals surface area contributed by atoms with Gasteiger partial charge in [-0.15, -0.1) is 12.4 Å². The third-order valence-corrected chi connectivity index (χ3v) is 0.765. The summed E-state index contributed by atoms with van der Waals surface area (Å²) in [7, 11) is 0. The normalized spacial score (nSPS) is 14.3. The molecule has 0 heterocycles. The van der Waals surface area contributed by atoms with Gasteiger partial charge in [0, 0.05) is 0 Å². The molecule has 0 radical (unpaired) electrons. The summed E-state index contributed by atoms with van der Waals surface area (Å²) in [5.41, 5.74) is 0. The summed E-state index contributed by atoms with van der Waals surface area (Å²) in [5.74, 6) is 0. The van der Waals surface area contributed by atoms with Crippen LogP contribution in [0, 0.1) is 0 Å². The van der Waals surface area contributed by atoms with Crippen LogP contribution in [0.25, 0.3) is 0 Å². The predicted molar refractivity (Wildman–Crippen MR) is 29.6 cm³/mol. The van der Waals surface area contributed by atoms with Gasteiger partial charge < -0.3 is 5.11 Å². The van der Waals surface area contributed by atoms with Crippen molar-refractivity contribution in [1.29, 1.82) is 0 Å². The quantitative estimate of drug-likeness (QED) is 0.626. The molecule has 58 valence electrons. The van der Waals surface area contributed by atoms with Crippen molar-refractivity contribution >= 4 is 12.4 Å². The summed E-state index contributed by atoms with van der Waals surface area (Å²) in [4.78, 5) is 0. The van der Waals surface area contributed by atoms with E-state index in [-0.39, 0.29) is 18.8 Å². The zero-order valence-corrected chi connectivity index (χ0v) is 5.59. The number of alkyl halides is 3. The fourth-order valence-corrected chi connectivity index (χ4v) is 0.231. The summed E-state index contributed by atoms with van der Waals surface area (Å²) in [5, 5.41) is 8.07. The second-order valence-electron chi connectivity index (χ2n) is 1.47. The van der Waals surface area contributed by atoms with Crippen LogP contribution in [-0.4, -0.2) is 17.4 Å². The molecule has 0 rings (SSSR count). The Labute approximate surface area is 57.3 Å². The molecule has 0 saturated heterocycles. The first-order chi connectivity index (χ1) is 3.48. The molecule has 0 aliphatic heterocycles. The number of hydrogen-bond acceptors (Lipinski definition) is 1. The highest BCUT2D eigenvalue weighted by Gasteiger charge is 2.36. The first-order valence-electron chi connectivity index (χ1n) is 2.23. The topological polar surface area (TPSA) is 20.2 Å². The molecule has 0 aromatic carbocycles. The molecular weight excluding hydrogens is 156 g/mol. The van der Waals surface area contributed by atoms with E-state index in [4.69, 9.17) is 5.11 Å². The minimum atomic E-state index is -4.44. The molecule has 0 amide bonds. The molecule has 0 aliphatic rings. The smallest absolute Gasteiger partial charge is 0.384 e. The molecule has 9 heavy (non-hydrogen) atoms. The first kappa shape index (κ1) is 11.8. The third-order valence-electron chi connectivity index (χ3n) is 0.765. The van der Waals surface area contributed by atoms with Crippen LogP contribution >= 0.6 is 12.4 Å². The van der Waals surface area contributed by atoms with Gasteiger partial charge in [0.2, 0.25) is 0 Å². The largest absolute Gasteiger partial charge is 0.414 e. The van der Waals surface area contributed by atoms with Gasteiger partial charge in [-0.3, -0.25) is 0 Å². The fraction of sp³-hybridized carbons (Fsp3) is 1.00. The molecule has 1 N–H and O–H groups in total. The summed E-state index contributed by atoms with van der Waals surface area (Å²) in [6.07, 6.45) is -6.86. The first-order valence-corrected chi connectivity index (χ1v) is 2.23. The average molecular weight is 165 g/mol. The fourth-order valence-electron chi connectivity index (χ4n) is 0.231. The van der Waals surface area contributed by atoms with Crippen molar-refractivity contribution in [3.63, 3.8) is 0 Å². The van der Waals surface area contributed by atoms with E-state index in [1.807, 2.05) is 0 Å². The van der Waals surface area contributed by atoms with E-state index in [1.54, 1.807) is 0 Å². The van der Waals surface area contributed by atoms with Crippen molar-refractivity contribution in [2.45, 2.75) is 25.6 Å². The Hall–Kier alpha value is 0.0400. The third kappa shape index (κ3) is 4.54. The van der Waals surface area contributed by atoms with Crippen LogP contribution in [0.3, 0.4) is 0 Å². The van der Waals surface area contributed by atoms with Crippen LogP contribution < -0.4 is 0 Å². The molecule has 1 nitrogen and oxygen atoms in total. The number of rotatable bonds is 1. The van der Waals surface area contributed by atoms with Crippen molar-refractivity contribution in [2.75, 3.05) is 0 Å². The van der Waals surface area contributed by atoms with E-state index in [1.165, 1.54) is 6.92 Å². The van der Waals surface area contributed by atoms with Crippen LogP contribution in [-0.2, 0) is 0 Å². The molecule has 0 aromatic rings. The Morgan fingerprint density at radius 3 is 1.78 bits per heavy atom. The maximum absolute atomic E-state index is 11.2. The summed E-state index contributed by atoms with van der Waals surface area (Å²) >= 11 is 0. The van der Waals surface area contributed by atoms with Gasteiger partial charge in [-0.25, -0.2) is 0 Å². The van der Waals surface area contributed by atoms with Crippen molar-refractivity contribution in [2.24, 2.45) is 0 Å². The van der Waals surface area contributed by atoms with Gasteiger partial charge in [0.25, 0.3) is 0 Å². The van der Waals surface area contributed by atoms with E-state index < -0.39 is 12.3 Å². The van der Waals surface area contributed by atoms with E-state index >= 15 is 0 Å². The number of halogens is 4. The van der Waals surface area contributed by atoms with Gasteiger partial charge in [-0.05, 0) is 6.42 Å². The Balaban J connectivity index is 0. The van der Waals surface area contributed by atoms with Gasteiger partial charge in [-0.1, -0.05) is 6.92 Å². The minimum absolute atomic E-state index is 0. The molecule has 0 spiro atoms. The molecule has 0 bridgehead atoms. The van der Waals surface area contributed by atoms with Gasteiger partial charge >= 0.3 is 6.18 Å². The highest BCUT2D eigenvalue weighted by molar-refractivity contribution is 5.85. The molecule has 0 fully saturated rings. The van der Waals surface area contributed by atoms with Gasteiger partial charge in [-0.2, -0.15) is 13.2 Å². The van der Waals surface area contributed by atoms with E-state index in [0.29, 0.717) is 0 Å². The van der Waals surface area contributed by atoms with Crippen LogP contribution in [0.5, 0.6) is 0 Å². The standard InChI is InChI=1S/C4H7F3O.ClH/c1-2-3(8)4(5,6)7;/h3,8H,2H2,1H3;1H. The molecular formula is C4H8ClF3O. The van der Waals surface area contributed by atoms with Crippen molar-refractivity contribution in [3.05, 3.63) is 0 Å². The summed E-state index contributed by atoms with van der Waals surface area (Å²) in [6, 6.07) is 0. The lowest BCUT2D eigenvalue weighted by molar-refractivity contribution is -0.204. The molecule has 1 unspecified atom stereocenters. The number of aliphatic hydroxyl groups is 1. The second kappa shape index (κ2) is 3.95. The summed E-state index contributed by atoms with van der Waals surface area (Å²) < 4.78 is 33.6. The SMILES string of the molecule is CCC(O)C(F)(F)F.Cl. The molecule has 0 aliphatic carbocycles. The lowest BCUT2D eigenvalue weighted by atomic mass is 10.3. The maximum Gasteiger partial charge on any atom is 0.414 e. The lowest BCUT2D eigenvalue weighted by Crippen LogP contribution is -2.27. The van der Waals surface area contributed by atoms with Crippen molar-refractivity contribution < 1.29 is 18.3 Å². The maximum atomic E-state index is 11.2. The van der Waals surface area contributed by atoms with E-state index in [2.05, 4.69) is 0 Å². The van der Waals surface area contributed by atoms with E-state index in [9.17, 15) is 13.2 Å². The Morgan fingerprint density at radius 2 is 1.78 bits per heavy atom. The van der Waals surface area contributed by atoms with Crippen LogP contribution in [0.4, 0.5) is 13.2 Å². The van der Waals surface area contributed by atoms with Gasteiger partial charge in [0.15, 0.2) is 0 Å². The Morgan fingerprint density at radius 1 is 1.44 bits per heavy atom. The van der Waals surface area contributed by atoms with E-state index in [0.717, 1.165) is 0 Å². The Bertz CT molecular complexity index is 72.7. The molecule has 1 atom stereocenters. The zero-order chi connectivity index (χ0) is 6.78. The lowest BCUT2D eigenvalue weighted by Gasteiger charge is -2.10. The molecule has 0 aromatic heterocycles. The highest BCUT2D eigenvalue weighted by atomic mass is 35.5. The molecule has 5 heteroatoms. The number of aliphatic hydroxyl groups excluding tert-OH is 1. The minimum Gasteiger partial charge on any atom is -0.384 e. The summed E-state index contributed by atoms with van der Waals surface area (Å²) in [6.45, 7) is 1.28. The van der Waals surface area contributed by atoms with Gasteiger partial charge in [0.1, 0.15) is 6.10 Å². The van der Waals surface area contributed by atoms with Crippen molar-refractivity contribution in [1.82, 2.24) is 0 Å². The van der Waals surface area contributed by atoms with Crippen molar-refractivity contribution in [3.8, 4) is 0 Å². The Kier molecular flexibility index (Phi) is 5.18. The van der Waals surface area contributed by atoms with Gasteiger partial charge in [0.05, 0.1) is 0 Å². The highest BCUT2D eigenvalue weighted by Crippen LogP contribution is 2.21. The average Bonchev–Trinajstić information content (AvgIpc) is 1.62. The predicted octanol–water partition coefficient (Wildman–Crippen LogP) is 1.74. The zero-order valence-electron chi connectivity index (χ0n) is 4.77. The van der Waals surface area contributed by atoms with Crippen LogP contribution in [0.1, 0.15) is 13.3 Å². The second-order valence-corrected chi connectivity index (χ2v) is 1.47. The monoisotopic (exact) mass is 164 g/mol.